The van der Waals surface area contributed by atoms with E-state index in [9.17, 15) is 0 Å². The lowest BCUT2D eigenvalue weighted by Crippen LogP contribution is -2.54. The largest absolute Gasteiger partial charge is 0.372 e. The monoisotopic (exact) mass is 286 g/mol. The standard InChI is InChI=1S/C19H30N2/c1-19(2,3)17-14-20(15-17)13-16-9-11-21(12-10-16)18-7-5-4-6-8-18/h4-8,16-17H,9-15H2,1-3H3. The van der Waals surface area contributed by atoms with Gasteiger partial charge in [0.2, 0.25) is 0 Å². The first kappa shape index (κ1) is 14.9. The van der Waals surface area contributed by atoms with Gasteiger partial charge in [0.15, 0.2) is 0 Å². The molecule has 2 aliphatic rings. The molecule has 0 spiro atoms. The number of rotatable bonds is 3. The lowest BCUT2D eigenvalue weighted by Gasteiger charge is -2.48. The van der Waals surface area contributed by atoms with Crippen molar-refractivity contribution in [3.8, 4) is 0 Å². The summed E-state index contributed by atoms with van der Waals surface area (Å²) < 4.78 is 0. The Kier molecular flexibility index (Phi) is 4.26. The first-order valence-corrected chi connectivity index (χ1v) is 8.55. The van der Waals surface area contributed by atoms with Crippen LogP contribution >= 0.6 is 0 Å². The van der Waals surface area contributed by atoms with Crippen LogP contribution in [0.3, 0.4) is 0 Å². The number of hydrogen-bond acceptors (Lipinski definition) is 2. The Labute approximate surface area is 130 Å². The predicted octanol–water partition coefficient (Wildman–Crippen LogP) is 3.88. The molecule has 116 valence electrons. The van der Waals surface area contributed by atoms with E-state index in [1.165, 1.54) is 51.3 Å². The molecule has 0 amide bonds. The van der Waals surface area contributed by atoms with Crippen LogP contribution in [0.25, 0.3) is 0 Å². The normalized spacial score (nSPS) is 22.3. The van der Waals surface area contributed by atoms with E-state index in [0.717, 1.165) is 11.8 Å². The molecule has 2 heteroatoms. The zero-order valence-corrected chi connectivity index (χ0v) is 13.9. The Morgan fingerprint density at radius 1 is 1.00 bits per heavy atom. The molecule has 0 unspecified atom stereocenters. The quantitative estimate of drug-likeness (QED) is 0.832. The maximum atomic E-state index is 2.68. The average Bonchev–Trinajstić information content (AvgIpc) is 2.43. The fourth-order valence-corrected chi connectivity index (χ4v) is 3.64. The van der Waals surface area contributed by atoms with Crippen molar-refractivity contribution in [2.45, 2.75) is 33.6 Å². The van der Waals surface area contributed by atoms with Gasteiger partial charge in [-0.3, -0.25) is 0 Å². The number of anilines is 1. The first-order valence-electron chi connectivity index (χ1n) is 8.55. The predicted molar refractivity (Wildman–Crippen MR) is 90.8 cm³/mol. The van der Waals surface area contributed by atoms with Gasteiger partial charge in [-0.25, -0.2) is 0 Å². The molecule has 0 aromatic heterocycles. The van der Waals surface area contributed by atoms with Crippen LogP contribution < -0.4 is 4.90 Å². The second-order valence-corrected chi connectivity index (χ2v) is 8.05. The van der Waals surface area contributed by atoms with E-state index in [4.69, 9.17) is 0 Å². The van der Waals surface area contributed by atoms with Gasteiger partial charge in [0.05, 0.1) is 0 Å². The number of piperidine rings is 1. The second-order valence-electron chi connectivity index (χ2n) is 8.05. The van der Waals surface area contributed by atoms with Crippen molar-refractivity contribution >= 4 is 5.69 Å². The zero-order chi connectivity index (χ0) is 14.9. The highest BCUT2D eigenvalue weighted by molar-refractivity contribution is 5.46. The third-order valence-corrected chi connectivity index (χ3v) is 5.43. The fraction of sp³-hybridized carbons (Fsp3) is 0.684. The summed E-state index contributed by atoms with van der Waals surface area (Å²) in [7, 11) is 0. The van der Waals surface area contributed by atoms with Crippen LogP contribution in [0, 0.1) is 17.3 Å². The number of para-hydroxylation sites is 1. The summed E-state index contributed by atoms with van der Waals surface area (Å²) in [4.78, 5) is 5.23. The van der Waals surface area contributed by atoms with E-state index in [1.54, 1.807) is 0 Å². The van der Waals surface area contributed by atoms with Gasteiger partial charge < -0.3 is 9.80 Å². The van der Waals surface area contributed by atoms with Gasteiger partial charge in [0.1, 0.15) is 0 Å². The number of hydrogen-bond donors (Lipinski definition) is 0. The molecule has 0 saturated carbocycles. The average molecular weight is 286 g/mol. The molecule has 2 saturated heterocycles. The molecule has 21 heavy (non-hydrogen) atoms. The minimum absolute atomic E-state index is 0.493. The lowest BCUT2D eigenvalue weighted by molar-refractivity contribution is 0.0115. The van der Waals surface area contributed by atoms with Gasteiger partial charge in [-0.05, 0) is 42.2 Å². The van der Waals surface area contributed by atoms with Gasteiger partial charge in [-0.2, -0.15) is 0 Å². The summed E-state index contributed by atoms with van der Waals surface area (Å²) in [5.74, 6) is 1.81. The third-order valence-electron chi connectivity index (χ3n) is 5.43. The Morgan fingerprint density at radius 2 is 1.62 bits per heavy atom. The molecule has 2 heterocycles. The topological polar surface area (TPSA) is 6.48 Å². The van der Waals surface area contributed by atoms with Crippen molar-refractivity contribution < 1.29 is 0 Å². The van der Waals surface area contributed by atoms with Gasteiger partial charge in [0.25, 0.3) is 0 Å². The molecule has 3 rings (SSSR count). The number of nitrogens with zero attached hydrogens (tertiary/aromatic N) is 2. The summed E-state index contributed by atoms with van der Waals surface area (Å²) in [6.45, 7) is 13.6. The van der Waals surface area contributed by atoms with Crippen molar-refractivity contribution in [1.82, 2.24) is 4.90 Å². The molecule has 0 N–H and O–H groups in total. The maximum Gasteiger partial charge on any atom is 0.0366 e. The summed E-state index contributed by atoms with van der Waals surface area (Å²) in [5, 5.41) is 0. The van der Waals surface area contributed by atoms with Crippen molar-refractivity contribution in [2.24, 2.45) is 17.3 Å². The summed E-state index contributed by atoms with van der Waals surface area (Å²) in [6, 6.07) is 10.9. The van der Waals surface area contributed by atoms with Gasteiger partial charge >= 0.3 is 0 Å². The van der Waals surface area contributed by atoms with E-state index < -0.39 is 0 Å². The van der Waals surface area contributed by atoms with E-state index in [1.807, 2.05) is 0 Å². The van der Waals surface area contributed by atoms with Gasteiger partial charge in [-0.15, -0.1) is 0 Å². The summed E-state index contributed by atoms with van der Waals surface area (Å²) >= 11 is 0. The molecule has 2 nitrogen and oxygen atoms in total. The van der Waals surface area contributed by atoms with E-state index in [2.05, 4.69) is 60.9 Å². The molecule has 0 aliphatic carbocycles. The van der Waals surface area contributed by atoms with Crippen LogP contribution in [0.15, 0.2) is 30.3 Å². The number of likely N-dealkylation sites (tertiary alicyclic amines) is 1. The van der Waals surface area contributed by atoms with Crippen molar-refractivity contribution in [1.29, 1.82) is 0 Å². The van der Waals surface area contributed by atoms with E-state index in [0.29, 0.717) is 5.41 Å². The van der Waals surface area contributed by atoms with Crippen molar-refractivity contribution in [3.05, 3.63) is 30.3 Å². The number of benzene rings is 1. The molecule has 0 radical (unpaired) electrons. The van der Waals surface area contributed by atoms with Crippen molar-refractivity contribution in [2.75, 3.05) is 37.6 Å². The van der Waals surface area contributed by atoms with E-state index in [-0.39, 0.29) is 0 Å². The van der Waals surface area contributed by atoms with Crippen LogP contribution in [0.1, 0.15) is 33.6 Å². The second kappa shape index (κ2) is 6.00. The Morgan fingerprint density at radius 3 is 2.19 bits per heavy atom. The highest BCUT2D eigenvalue weighted by atomic mass is 15.2. The van der Waals surface area contributed by atoms with E-state index >= 15 is 0 Å². The Balaban J connectivity index is 1.41. The fourth-order valence-electron chi connectivity index (χ4n) is 3.64. The first-order chi connectivity index (χ1) is 10.0. The molecule has 0 bridgehead atoms. The minimum atomic E-state index is 0.493. The highest BCUT2D eigenvalue weighted by Crippen LogP contribution is 2.34. The van der Waals surface area contributed by atoms with Crippen LogP contribution in [-0.2, 0) is 0 Å². The molecule has 1 aromatic rings. The molecule has 2 fully saturated rings. The molecular formula is C19H30N2. The molecule has 1 aromatic carbocycles. The summed E-state index contributed by atoms with van der Waals surface area (Å²) in [6.07, 6.45) is 2.71. The Hall–Kier alpha value is -1.02. The van der Waals surface area contributed by atoms with Gasteiger partial charge in [0, 0.05) is 38.4 Å². The van der Waals surface area contributed by atoms with Crippen molar-refractivity contribution in [3.63, 3.8) is 0 Å². The van der Waals surface area contributed by atoms with Gasteiger partial charge in [-0.1, -0.05) is 39.0 Å². The highest BCUT2D eigenvalue weighted by Gasteiger charge is 2.36. The smallest absolute Gasteiger partial charge is 0.0366 e. The Bertz CT molecular complexity index is 434. The minimum Gasteiger partial charge on any atom is -0.372 e. The van der Waals surface area contributed by atoms with Crippen LogP contribution in [-0.4, -0.2) is 37.6 Å². The lowest BCUT2D eigenvalue weighted by atomic mass is 9.75. The van der Waals surface area contributed by atoms with Crippen LogP contribution in [0.4, 0.5) is 5.69 Å². The third kappa shape index (κ3) is 3.60. The zero-order valence-electron chi connectivity index (χ0n) is 13.9. The molecular weight excluding hydrogens is 256 g/mol. The maximum absolute atomic E-state index is 2.68. The van der Waals surface area contributed by atoms with Crippen LogP contribution in [0.2, 0.25) is 0 Å². The molecule has 2 aliphatic heterocycles. The van der Waals surface area contributed by atoms with Crippen LogP contribution in [0.5, 0.6) is 0 Å². The summed E-state index contributed by atoms with van der Waals surface area (Å²) in [5.41, 5.74) is 1.89. The SMILES string of the molecule is CC(C)(C)C1CN(CC2CCN(c3ccccc3)CC2)C1. The molecule has 0 atom stereocenters.